The molecule has 0 aliphatic heterocycles. The molecule has 0 aliphatic rings. The zero-order valence-electron chi connectivity index (χ0n) is 15.9. The van der Waals surface area contributed by atoms with Gasteiger partial charge in [-0.1, -0.05) is 29.8 Å². The minimum Gasteiger partial charge on any atom is -0.339 e. The first-order chi connectivity index (χ1) is 15.0. The third kappa shape index (κ3) is 5.02. The van der Waals surface area contributed by atoms with Crippen molar-refractivity contribution >= 4 is 34.7 Å². The van der Waals surface area contributed by atoms with Crippen LogP contribution in [0.4, 0.5) is 26.0 Å². The standard InChI is InChI=1S/C23H15ClF2N4O/c24-19-13-18(7-8-20(19)26)28-23(31)15-4-2-6-17(12-15)27-22-10-9-21(29-30-22)14-3-1-5-16(25)11-14/h1-13H,(H,27,30)(H,28,31). The van der Waals surface area contributed by atoms with Crippen molar-refractivity contribution in [2.75, 3.05) is 10.6 Å². The Bertz CT molecular complexity index is 1250. The van der Waals surface area contributed by atoms with Crippen LogP contribution in [-0.4, -0.2) is 16.1 Å². The molecular weight excluding hydrogens is 422 g/mol. The number of rotatable bonds is 5. The number of benzene rings is 3. The molecule has 2 N–H and O–H groups in total. The van der Waals surface area contributed by atoms with Gasteiger partial charge in [0.25, 0.3) is 5.91 Å². The van der Waals surface area contributed by atoms with Crippen LogP contribution in [-0.2, 0) is 0 Å². The van der Waals surface area contributed by atoms with Gasteiger partial charge in [-0.3, -0.25) is 4.79 Å². The Morgan fingerprint density at radius 1 is 0.839 bits per heavy atom. The first kappa shape index (κ1) is 20.4. The molecular formula is C23H15ClF2N4O. The molecule has 0 saturated carbocycles. The molecule has 154 valence electrons. The summed E-state index contributed by atoms with van der Waals surface area (Å²) in [6.07, 6.45) is 0. The van der Waals surface area contributed by atoms with E-state index in [4.69, 9.17) is 11.6 Å². The Morgan fingerprint density at radius 3 is 2.42 bits per heavy atom. The van der Waals surface area contributed by atoms with Crippen LogP contribution in [0, 0.1) is 11.6 Å². The zero-order valence-corrected chi connectivity index (χ0v) is 16.7. The highest BCUT2D eigenvalue weighted by Gasteiger charge is 2.09. The van der Waals surface area contributed by atoms with E-state index in [2.05, 4.69) is 20.8 Å². The minimum absolute atomic E-state index is 0.0755. The second kappa shape index (κ2) is 8.89. The van der Waals surface area contributed by atoms with Gasteiger partial charge in [-0.25, -0.2) is 8.78 Å². The first-order valence-corrected chi connectivity index (χ1v) is 9.59. The highest BCUT2D eigenvalue weighted by Crippen LogP contribution is 2.22. The topological polar surface area (TPSA) is 66.9 Å². The van der Waals surface area contributed by atoms with Gasteiger partial charge in [0.1, 0.15) is 11.6 Å². The predicted molar refractivity (Wildman–Crippen MR) is 117 cm³/mol. The number of anilines is 3. The molecule has 5 nitrogen and oxygen atoms in total. The lowest BCUT2D eigenvalue weighted by atomic mass is 10.1. The maximum Gasteiger partial charge on any atom is 0.255 e. The largest absolute Gasteiger partial charge is 0.339 e. The Kier molecular flexibility index (Phi) is 5.86. The van der Waals surface area contributed by atoms with Crippen molar-refractivity contribution in [2.45, 2.75) is 0 Å². The number of halogens is 3. The molecule has 0 unspecified atom stereocenters. The van der Waals surface area contributed by atoms with Crippen LogP contribution in [0.5, 0.6) is 0 Å². The van der Waals surface area contributed by atoms with Crippen molar-refractivity contribution in [3.05, 3.63) is 101 Å². The summed E-state index contributed by atoms with van der Waals surface area (Å²) in [5, 5.41) is 13.9. The number of hydrogen-bond donors (Lipinski definition) is 2. The van der Waals surface area contributed by atoms with E-state index in [9.17, 15) is 13.6 Å². The number of aromatic nitrogens is 2. The molecule has 3 aromatic carbocycles. The Balaban J connectivity index is 1.46. The highest BCUT2D eigenvalue weighted by molar-refractivity contribution is 6.31. The highest BCUT2D eigenvalue weighted by atomic mass is 35.5. The molecule has 4 aromatic rings. The summed E-state index contributed by atoms with van der Waals surface area (Å²) < 4.78 is 26.7. The van der Waals surface area contributed by atoms with E-state index in [1.165, 1.54) is 30.3 Å². The van der Waals surface area contributed by atoms with Gasteiger partial charge in [0, 0.05) is 22.5 Å². The van der Waals surface area contributed by atoms with E-state index >= 15 is 0 Å². The summed E-state index contributed by atoms with van der Waals surface area (Å²) in [5.41, 5.74) is 2.55. The van der Waals surface area contributed by atoms with Gasteiger partial charge in [-0.05, 0) is 60.7 Å². The molecule has 0 saturated heterocycles. The van der Waals surface area contributed by atoms with Crippen molar-refractivity contribution in [2.24, 2.45) is 0 Å². The lowest BCUT2D eigenvalue weighted by molar-refractivity contribution is 0.102. The van der Waals surface area contributed by atoms with Crippen molar-refractivity contribution in [1.29, 1.82) is 0 Å². The van der Waals surface area contributed by atoms with Crippen LogP contribution in [0.1, 0.15) is 10.4 Å². The fourth-order valence-corrected chi connectivity index (χ4v) is 3.04. The normalized spacial score (nSPS) is 10.5. The molecule has 0 bridgehead atoms. The van der Waals surface area contributed by atoms with Crippen LogP contribution in [0.2, 0.25) is 5.02 Å². The van der Waals surface area contributed by atoms with Gasteiger partial charge in [-0.15, -0.1) is 10.2 Å². The third-order valence-electron chi connectivity index (χ3n) is 4.36. The number of hydrogen-bond acceptors (Lipinski definition) is 4. The van der Waals surface area contributed by atoms with Gasteiger partial charge in [-0.2, -0.15) is 0 Å². The number of nitrogens with zero attached hydrogens (tertiary/aromatic N) is 2. The summed E-state index contributed by atoms with van der Waals surface area (Å²) in [6, 6.07) is 20.2. The van der Waals surface area contributed by atoms with Gasteiger partial charge >= 0.3 is 0 Å². The summed E-state index contributed by atoms with van der Waals surface area (Å²) in [4.78, 5) is 12.5. The van der Waals surface area contributed by atoms with E-state index in [1.807, 2.05) is 0 Å². The minimum atomic E-state index is -0.560. The van der Waals surface area contributed by atoms with Crippen LogP contribution in [0.3, 0.4) is 0 Å². The van der Waals surface area contributed by atoms with Crippen molar-refractivity contribution < 1.29 is 13.6 Å². The number of carbonyl (C=O) groups is 1. The van der Waals surface area contributed by atoms with Crippen molar-refractivity contribution in [3.63, 3.8) is 0 Å². The van der Waals surface area contributed by atoms with Crippen LogP contribution in [0.25, 0.3) is 11.3 Å². The Hall–Kier alpha value is -3.84. The quantitative estimate of drug-likeness (QED) is 0.398. The lowest BCUT2D eigenvalue weighted by Gasteiger charge is -2.09. The summed E-state index contributed by atoms with van der Waals surface area (Å²) >= 11 is 5.75. The van der Waals surface area contributed by atoms with E-state index in [0.29, 0.717) is 34.0 Å². The fraction of sp³-hybridized carbons (Fsp3) is 0. The average molecular weight is 437 g/mol. The van der Waals surface area contributed by atoms with Gasteiger partial charge in [0.05, 0.1) is 10.7 Å². The van der Waals surface area contributed by atoms with E-state index in [0.717, 1.165) is 0 Å². The molecule has 0 atom stereocenters. The van der Waals surface area contributed by atoms with Crippen LogP contribution >= 0.6 is 11.6 Å². The van der Waals surface area contributed by atoms with Gasteiger partial charge in [0.2, 0.25) is 0 Å². The smallest absolute Gasteiger partial charge is 0.255 e. The number of carbonyl (C=O) groups excluding carboxylic acids is 1. The zero-order chi connectivity index (χ0) is 21.8. The van der Waals surface area contributed by atoms with Crippen LogP contribution in [0.15, 0.2) is 78.9 Å². The molecule has 1 aromatic heterocycles. The maximum atomic E-state index is 13.4. The third-order valence-corrected chi connectivity index (χ3v) is 4.65. The predicted octanol–water partition coefficient (Wildman–Crippen LogP) is 6.07. The van der Waals surface area contributed by atoms with Crippen LogP contribution < -0.4 is 10.6 Å². The Labute approximate surface area is 181 Å². The first-order valence-electron chi connectivity index (χ1n) is 9.21. The number of amides is 1. The fourth-order valence-electron chi connectivity index (χ4n) is 2.86. The molecule has 0 aliphatic carbocycles. The summed E-state index contributed by atoms with van der Waals surface area (Å²) in [5.74, 6) is -0.822. The SMILES string of the molecule is O=C(Nc1ccc(F)c(Cl)c1)c1cccc(Nc2ccc(-c3cccc(F)c3)nn2)c1. The average Bonchev–Trinajstić information content (AvgIpc) is 2.77. The molecule has 0 radical (unpaired) electrons. The molecule has 4 rings (SSSR count). The molecule has 0 spiro atoms. The summed E-state index contributed by atoms with van der Waals surface area (Å²) in [6.45, 7) is 0. The molecule has 31 heavy (non-hydrogen) atoms. The monoisotopic (exact) mass is 436 g/mol. The van der Waals surface area contributed by atoms with E-state index in [-0.39, 0.29) is 16.7 Å². The molecule has 1 heterocycles. The maximum absolute atomic E-state index is 13.4. The lowest BCUT2D eigenvalue weighted by Crippen LogP contribution is -2.12. The Morgan fingerprint density at radius 2 is 1.68 bits per heavy atom. The number of nitrogens with one attached hydrogen (secondary N) is 2. The second-order valence-electron chi connectivity index (χ2n) is 6.60. The van der Waals surface area contributed by atoms with Crippen molar-refractivity contribution in [3.8, 4) is 11.3 Å². The molecule has 1 amide bonds. The second-order valence-corrected chi connectivity index (χ2v) is 7.01. The van der Waals surface area contributed by atoms with E-state index in [1.54, 1.807) is 48.5 Å². The molecule has 0 fully saturated rings. The van der Waals surface area contributed by atoms with Crippen molar-refractivity contribution in [1.82, 2.24) is 10.2 Å². The van der Waals surface area contributed by atoms with Gasteiger partial charge < -0.3 is 10.6 Å². The van der Waals surface area contributed by atoms with E-state index < -0.39 is 5.82 Å². The summed E-state index contributed by atoms with van der Waals surface area (Å²) in [7, 11) is 0. The van der Waals surface area contributed by atoms with Gasteiger partial charge in [0.15, 0.2) is 5.82 Å². The molecule has 8 heteroatoms.